The van der Waals surface area contributed by atoms with Gasteiger partial charge in [0.15, 0.2) is 0 Å². The van der Waals surface area contributed by atoms with Crippen LogP contribution in [0.1, 0.15) is 18.1 Å². The molecule has 1 aromatic carbocycles. The average molecular weight is 229 g/mol. The third-order valence-electron chi connectivity index (χ3n) is 2.21. The predicted molar refractivity (Wildman–Crippen MR) is 62.0 cm³/mol. The second kappa shape index (κ2) is 5.25. The van der Waals surface area contributed by atoms with Gasteiger partial charge in [-0.25, -0.2) is 0 Å². The van der Waals surface area contributed by atoms with Gasteiger partial charge in [0, 0.05) is 5.56 Å². The average Bonchev–Trinajstić information content (AvgIpc) is 2.21. The van der Waals surface area contributed by atoms with Crippen LogP contribution in [0.25, 0.3) is 0 Å². The van der Waals surface area contributed by atoms with Crippen molar-refractivity contribution in [3.05, 3.63) is 23.8 Å². The van der Waals surface area contributed by atoms with Gasteiger partial charge in [0.25, 0.3) is 0 Å². The second-order valence-corrected chi connectivity index (χ2v) is 3.76. The van der Waals surface area contributed by atoms with Crippen molar-refractivity contribution in [2.45, 2.75) is 18.6 Å². The standard InChI is InChI=1S/C10H15NO3S/c11-7-3-1-2-6(9(7)13)10(14)8(12)4-5-15/h1-3,8,10,12-15H,4-5,11H2. The third kappa shape index (κ3) is 2.77. The molecular weight excluding hydrogens is 214 g/mol. The fraction of sp³-hybridized carbons (Fsp3) is 0.400. The zero-order valence-electron chi connectivity index (χ0n) is 8.17. The lowest BCUT2D eigenvalue weighted by Gasteiger charge is -2.18. The topological polar surface area (TPSA) is 86.7 Å². The summed E-state index contributed by atoms with van der Waals surface area (Å²) < 4.78 is 0. The molecule has 1 aromatic rings. The van der Waals surface area contributed by atoms with Crippen LogP contribution in [0.2, 0.25) is 0 Å². The van der Waals surface area contributed by atoms with E-state index >= 15 is 0 Å². The van der Waals surface area contributed by atoms with Gasteiger partial charge in [-0.1, -0.05) is 12.1 Å². The molecule has 1 rings (SSSR count). The summed E-state index contributed by atoms with van der Waals surface area (Å²) in [5.74, 6) is 0.282. The van der Waals surface area contributed by atoms with Gasteiger partial charge in [-0.15, -0.1) is 0 Å². The molecule has 2 atom stereocenters. The number of phenolic OH excluding ortho intramolecular Hbond substituents is 1. The Morgan fingerprint density at radius 3 is 2.60 bits per heavy atom. The smallest absolute Gasteiger partial charge is 0.144 e. The maximum atomic E-state index is 9.73. The van der Waals surface area contributed by atoms with Crippen molar-refractivity contribution in [3.8, 4) is 5.75 Å². The van der Waals surface area contributed by atoms with E-state index < -0.39 is 12.2 Å². The van der Waals surface area contributed by atoms with E-state index in [2.05, 4.69) is 12.6 Å². The van der Waals surface area contributed by atoms with Gasteiger partial charge >= 0.3 is 0 Å². The van der Waals surface area contributed by atoms with E-state index in [9.17, 15) is 15.3 Å². The highest BCUT2D eigenvalue weighted by Crippen LogP contribution is 2.31. The van der Waals surface area contributed by atoms with Gasteiger partial charge in [-0.3, -0.25) is 0 Å². The van der Waals surface area contributed by atoms with Crippen molar-refractivity contribution in [1.82, 2.24) is 0 Å². The molecule has 0 aromatic heterocycles. The summed E-state index contributed by atoms with van der Waals surface area (Å²) in [6.45, 7) is 0. The van der Waals surface area contributed by atoms with Crippen molar-refractivity contribution >= 4 is 18.3 Å². The molecular formula is C10H15NO3S. The monoisotopic (exact) mass is 229 g/mol. The molecule has 0 spiro atoms. The fourth-order valence-corrected chi connectivity index (χ4v) is 1.58. The summed E-state index contributed by atoms with van der Waals surface area (Å²) in [5.41, 5.74) is 5.90. The predicted octanol–water partition coefficient (Wildman–Crippen LogP) is 0.689. The van der Waals surface area contributed by atoms with Crippen molar-refractivity contribution in [2.24, 2.45) is 0 Å². The number of rotatable bonds is 4. The number of nitrogens with two attached hydrogens (primary N) is 1. The number of phenols is 1. The molecule has 0 amide bonds. The van der Waals surface area contributed by atoms with E-state index in [4.69, 9.17) is 5.73 Å². The number of thiol groups is 1. The van der Waals surface area contributed by atoms with Crippen molar-refractivity contribution in [2.75, 3.05) is 11.5 Å². The van der Waals surface area contributed by atoms with E-state index in [1.54, 1.807) is 6.07 Å². The van der Waals surface area contributed by atoms with Crippen LogP contribution in [-0.2, 0) is 0 Å². The Hall–Kier alpha value is -0.910. The lowest BCUT2D eigenvalue weighted by Crippen LogP contribution is -2.19. The summed E-state index contributed by atoms with van der Waals surface area (Å²) in [5, 5.41) is 28.8. The number of aromatic hydroxyl groups is 1. The molecule has 5 heteroatoms. The molecule has 15 heavy (non-hydrogen) atoms. The molecule has 0 radical (unpaired) electrons. The van der Waals surface area contributed by atoms with Gasteiger partial charge in [-0.05, 0) is 18.2 Å². The largest absolute Gasteiger partial charge is 0.505 e. The van der Waals surface area contributed by atoms with Crippen LogP contribution in [0.15, 0.2) is 18.2 Å². The van der Waals surface area contributed by atoms with Crippen LogP contribution in [0.3, 0.4) is 0 Å². The summed E-state index contributed by atoms with van der Waals surface area (Å²) >= 11 is 3.95. The van der Waals surface area contributed by atoms with Crippen molar-refractivity contribution in [1.29, 1.82) is 0 Å². The van der Waals surface area contributed by atoms with Crippen LogP contribution in [0, 0.1) is 0 Å². The molecule has 0 saturated heterocycles. The van der Waals surface area contributed by atoms with Crippen LogP contribution in [0.4, 0.5) is 5.69 Å². The maximum Gasteiger partial charge on any atom is 0.144 e. The molecule has 5 N–H and O–H groups in total. The molecule has 0 saturated carbocycles. The number of hydrogen-bond acceptors (Lipinski definition) is 5. The number of aliphatic hydroxyl groups excluding tert-OH is 2. The molecule has 0 heterocycles. The van der Waals surface area contributed by atoms with E-state index in [0.717, 1.165) is 0 Å². The molecule has 4 nitrogen and oxygen atoms in total. The zero-order chi connectivity index (χ0) is 11.4. The summed E-state index contributed by atoms with van der Waals surface area (Å²) in [7, 11) is 0. The highest BCUT2D eigenvalue weighted by Gasteiger charge is 2.21. The van der Waals surface area contributed by atoms with E-state index in [1.807, 2.05) is 0 Å². The first-order valence-electron chi connectivity index (χ1n) is 4.62. The summed E-state index contributed by atoms with van der Waals surface area (Å²) in [4.78, 5) is 0. The van der Waals surface area contributed by atoms with E-state index in [-0.39, 0.29) is 17.0 Å². The second-order valence-electron chi connectivity index (χ2n) is 3.31. The minimum absolute atomic E-state index is 0.178. The number of aliphatic hydroxyl groups is 2. The van der Waals surface area contributed by atoms with Crippen LogP contribution in [-0.4, -0.2) is 27.2 Å². The number of hydrogen-bond donors (Lipinski definition) is 5. The van der Waals surface area contributed by atoms with Crippen LogP contribution in [0.5, 0.6) is 5.75 Å². The number of nitrogen functional groups attached to an aromatic ring is 1. The molecule has 0 aliphatic carbocycles. The lowest BCUT2D eigenvalue weighted by atomic mass is 10.0. The normalized spacial score (nSPS) is 14.9. The first-order chi connectivity index (χ1) is 7.07. The first kappa shape index (κ1) is 12.2. The highest BCUT2D eigenvalue weighted by molar-refractivity contribution is 7.80. The quantitative estimate of drug-likeness (QED) is 0.299. The molecule has 0 bridgehead atoms. The molecule has 0 aliphatic rings. The fourth-order valence-electron chi connectivity index (χ4n) is 1.32. The van der Waals surface area contributed by atoms with E-state index in [1.165, 1.54) is 12.1 Å². The molecule has 2 unspecified atom stereocenters. The molecule has 0 fully saturated rings. The Balaban J connectivity index is 2.90. The lowest BCUT2D eigenvalue weighted by molar-refractivity contribution is 0.0160. The van der Waals surface area contributed by atoms with Crippen LogP contribution >= 0.6 is 12.6 Å². The molecule has 0 aliphatic heterocycles. The Kier molecular flexibility index (Phi) is 4.26. The van der Waals surface area contributed by atoms with Gasteiger partial charge in [0.05, 0.1) is 11.8 Å². The van der Waals surface area contributed by atoms with E-state index in [0.29, 0.717) is 12.2 Å². The maximum absolute atomic E-state index is 9.73. The Bertz CT molecular complexity index is 332. The zero-order valence-corrected chi connectivity index (χ0v) is 9.06. The summed E-state index contributed by atoms with van der Waals surface area (Å²) in [6, 6.07) is 4.66. The van der Waals surface area contributed by atoms with Crippen molar-refractivity contribution in [3.63, 3.8) is 0 Å². The third-order valence-corrected chi connectivity index (χ3v) is 2.46. The van der Waals surface area contributed by atoms with Crippen molar-refractivity contribution < 1.29 is 15.3 Å². The molecule has 84 valence electrons. The number of anilines is 1. The van der Waals surface area contributed by atoms with Gasteiger partial charge in [0.2, 0.25) is 0 Å². The minimum atomic E-state index is -1.14. The van der Waals surface area contributed by atoms with Gasteiger partial charge in [0.1, 0.15) is 11.9 Å². The first-order valence-corrected chi connectivity index (χ1v) is 5.25. The van der Waals surface area contributed by atoms with Gasteiger partial charge in [-0.2, -0.15) is 12.6 Å². The minimum Gasteiger partial charge on any atom is -0.505 e. The Labute approximate surface area is 93.8 Å². The van der Waals surface area contributed by atoms with Gasteiger partial charge < -0.3 is 21.1 Å². The highest BCUT2D eigenvalue weighted by atomic mass is 32.1. The number of para-hydroxylation sites is 1. The Morgan fingerprint density at radius 1 is 1.33 bits per heavy atom. The number of benzene rings is 1. The SMILES string of the molecule is Nc1cccc(C(O)C(O)CCS)c1O. The van der Waals surface area contributed by atoms with Crippen LogP contribution < -0.4 is 5.73 Å². The summed E-state index contributed by atoms with van der Waals surface area (Å²) in [6.07, 6.45) is -1.74. The Morgan fingerprint density at radius 2 is 2.00 bits per heavy atom.